The molecular formula is C29H34F3O7P. The van der Waals surface area contributed by atoms with Gasteiger partial charge < -0.3 is 24.0 Å². The molecule has 0 saturated heterocycles. The highest BCUT2D eigenvalue weighted by molar-refractivity contribution is 7.53. The minimum atomic E-state index is -4.51. The zero-order valence-corrected chi connectivity index (χ0v) is 24.0. The molecule has 1 unspecified atom stereocenters. The summed E-state index contributed by atoms with van der Waals surface area (Å²) in [6, 6.07) is 13.2. The van der Waals surface area contributed by atoms with Crippen LogP contribution in [0.15, 0.2) is 54.6 Å². The topological polar surface area (TPSA) is 83.5 Å². The van der Waals surface area contributed by atoms with Crippen LogP contribution in [-0.4, -0.2) is 24.5 Å². The fraction of sp³-hybridized carbons (Fsp3) is 0.379. The molecule has 0 bridgehead atoms. The van der Waals surface area contributed by atoms with Gasteiger partial charge in [-0.15, -0.1) is 0 Å². The summed E-state index contributed by atoms with van der Waals surface area (Å²) in [5.41, 5.74) is 2.15. The molecule has 3 rings (SSSR count). The minimum absolute atomic E-state index is 0.0117. The van der Waals surface area contributed by atoms with Crippen molar-refractivity contribution in [2.45, 2.75) is 58.8 Å². The number of benzene rings is 3. The Balaban J connectivity index is 1.85. The molecule has 3 aromatic rings. The summed E-state index contributed by atoms with van der Waals surface area (Å²) < 4.78 is 73.4. The molecular weight excluding hydrogens is 548 g/mol. The number of aryl methyl sites for hydroxylation is 2. The van der Waals surface area contributed by atoms with E-state index in [0.717, 1.165) is 34.4 Å². The zero-order valence-electron chi connectivity index (χ0n) is 23.1. The molecule has 11 heteroatoms. The van der Waals surface area contributed by atoms with E-state index in [9.17, 15) is 22.6 Å². The van der Waals surface area contributed by atoms with Gasteiger partial charge in [0.25, 0.3) is 0 Å². The van der Waals surface area contributed by atoms with Crippen molar-refractivity contribution in [1.29, 1.82) is 0 Å². The van der Waals surface area contributed by atoms with E-state index in [-0.39, 0.29) is 18.3 Å². The molecule has 0 spiro atoms. The number of hydrogen-bond acceptors (Lipinski definition) is 6. The molecule has 218 valence electrons. The summed E-state index contributed by atoms with van der Waals surface area (Å²) in [6.07, 6.45) is -3.07. The van der Waals surface area contributed by atoms with Crippen molar-refractivity contribution in [3.8, 4) is 23.0 Å². The van der Waals surface area contributed by atoms with E-state index in [4.69, 9.17) is 23.8 Å². The Morgan fingerprint density at radius 2 is 1.60 bits per heavy atom. The Hall–Kier alpha value is -3.04. The first-order chi connectivity index (χ1) is 18.9. The van der Waals surface area contributed by atoms with Gasteiger partial charge in [-0.1, -0.05) is 30.7 Å². The first-order valence-electron chi connectivity index (χ1n) is 12.8. The third-order valence-electron chi connectivity index (χ3n) is 6.42. The van der Waals surface area contributed by atoms with Gasteiger partial charge >= 0.3 is 13.8 Å². The third-order valence-corrected chi connectivity index (χ3v) is 8.37. The van der Waals surface area contributed by atoms with Crippen LogP contribution in [0.25, 0.3) is 0 Å². The van der Waals surface area contributed by atoms with Crippen LogP contribution < -0.4 is 14.4 Å². The van der Waals surface area contributed by atoms with Crippen LogP contribution in [0.5, 0.6) is 23.0 Å². The Morgan fingerprint density at radius 1 is 0.925 bits per heavy atom. The molecule has 0 heterocycles. The van der Waals surface area contributed by atoms with Crippen LogP contribution in [-0.2, 0) is 26.6 Å². The third kappa shape index (κ3) is 8.24. The van der Waals surface area contributed by atoms with E-state index >= 15 is 0 Å². The molecule has 40 heavy (non-hydrogen) atoms. The Labute approximate surface area is 232 Å². The SMILES string of the molecule is CCC(CC)P(=O)(O)OOc1cc(C)c(Cc2ccc(OCOC)c(Oc3cccc(C(F)(F)F)c3)c2)c(C)c1. The Bertz CT molecular complexity index is 1320. The average molecular weight is 583 g/mol. The van der Waals surface area contributed by atoms with E-state index in [0.29, 0.717) is 30.8 Å². The maximum absolute atomic E-state index is 13.2. The number of rotatable bonds is 13. The number of alkyl halides is 3. The molecule has 0 aliphatic rings. The van der Waals surface area contributed by atoms with Gasteiger partial charge in [0.05, 0.1) is 11.2 Å². The standard InChI is InChI=1S/C29H34F3O7P/c1-6-25(7-2)40(33,34)39-38-24-13-19(3)26(20(4)14-24)15-21-11-12-27(36-18-35-5)28(16-21)37-23-10-8-9-22(17-23)29(30,31)32/h8-14,16-17,25H,6-7,15,18H2,1-5H3,(H,33,34). The van der Waals surface area contributed by atoms with Crippen LogP contribution in [0.2, 0.25) is 0 Å². The van der Waals surface area contributed by atoms with Crippen molar-refractivity contribution in [2.75, 3.05) is 13.9 Å². The number of hydrogen-bond donors (Lipinski definition) is 1. The van der Waals surface area contributed by atoms with Crippen molar-refractivity contribution in [3.63, 3.8) is 0 Å². The van der Waals surface area contributed by atoms with Crippen molar-refractivity contribution in [1.82, 2.24) is 0 Å². The number of ether oxygens (including phenoxy) is 3. The smallest absolute Gasteiger partial charge is 0.416 e. The molecule has 0 radical (unpaired) electrons. The fourth-order valence-electron chi connectivity index (χ4n) is 4.24. The second-order valence-corrected chi connectivity index (χ2v) is 11.4. The van der Waals surface area contributed by atoms with Crippen molar-refractivity contribution >= 4 is 7.60 Å². The van der Waals surface area contributed by atoms with Gasteiger partial charge in [-0.25, -0.2) is 0 Å². The normalized spacial score (nSPS) is 13.2. The molecule has 1 atom stereocenters. The minimum Gasteiger partial charge on any atom is -0.464 e. The molecule has 3 aromatic carbocycles. The largest absolute Gasteiger partial charge is 0.464 e. The van der Waals surface area contributed by atoms with Gasteiger partial charge in [0, 0.05) is 7.11 Å². The summed E-state index contributed by atoms with van der Waals surface area (Å²) in [5.74, 6) is 0.856. The maximum Gasteiger partial charge on any atom is 0.416 e. The van der Waals surface area contributed by atoms with E-state index in [1.807, 2.05) is 33.8 Å². The van der Waals surface area contributed by atoms with Crippen LogP contribution in [0, 0.1) is 13.8 Å². The van der Waals surface area contributed by atoms with E-state index in [1.54, 1.807) is 24.3 Å². The summed E-state index contributed by atoms with van der Waals surface area (Å²) in [7, 11) is -2.49. The molecule has 0 aromatic heterocycles. The molecule has 0 saturated carbocycles. The molecule has 0 aliphatic carbocycles. The lowest BCUT2D eigenvalue weighted by atomic mass is 9.95. The van der Waals surface area contributed by atoms with E-state index < -0.39 is 25.0 Å². The van der Waals surface area contributed by atoms with E-state index in [1.165, 1.54) is 19.2 Å². The summed E-state index contributed by atoms with van der Waals surface area (Å²) in [4.78, 5) is 15.5. The summed E-state index contributed by atoms with van der Waals surface area (Å²) in [5, 5.41) is 0. The first-order valence-corrected chi connectivity index (χ1v) is 14.4. The first kappa shape index (κ1) is 31.5. The highest BCUT2D eigenvalue weighted by Crippen LogP contribution is 2.50. The van der Waals surface area contributed by atoms with Gasteiger partial charge in [-0.05, 0) is 97.8 Å². The predicted molar refractivity (Wildman–Crippen MR) is 145 cm³/mol. The highest BCUT2D eigenvalue weighted by Gasteiger charge is 2.32. The Morgan fingerprint density at radius 3 is 2.20 bits per heavy atom. The van der Waals surface area contributed by atoms with Gasteiger partial charge in [0.2, 0.25) is 0 Å². The van der Waals surface area contributed by atoms with Crippen molar-refractivity contribution in [3.05, 3.63) is 82.4 Å². The fourth-order valence-corrected chi connectivity index (χ4v) is 5.48. The second kappa shape index (κ2) is 13.5. The molecule has 7 nitrogen and oxygen atoms in total. The van der Waals surface area contributed by atoms with Crippen LogP contribution >= 0.6 is 7.60 Å². The summed E-state index contributed by atoms with van der Waals surface area (Å²) in [6.45, 7) is 7.32. The lowest BCUT2D eigenvalue weighted by Crippen LogP contribution is -2.10. The lowest BCUT2D eigenvalue weighted by Gasteiger charge is -2.19. The number of halogens is 3. The molecule has 1 N–H and O–H groups in total. The quantitative estimate of drug-likeness (QED) is 0.0938. The summed E-state index contributed by atoms with van der Waals surface area (Å²) >= 11 is 0. The van der Waals surface area contributed by atoms with E-state index in [2.05, 4.69) is 0 Å². The lowest BCUT2D eigenvalue weighted by molar-refractivity contribution is -0.137. The average Bonchev–Trinajstić information content (AvgIpc) is 2.89. The molecule has 0 aliphatic heterocycles. The Kier molecular flexibility index (Phi) is 10.7. The zero-order chi connectivity index (χ0) is 29.5. The van der Waals surface area contributed by atoms with Gasteiger partial charge in [-0.2, -0.15) is 13.2 Å². The van der Waals surface area contributed by atoms with Gasteiger partial charge in [0.1, 0.15) is 5.75 Å². The molecule has 0 amide bonds. The number of methoxy groups -OCH3 is 1. The maximum atomic E-state index is 13.2. The van der Waals surface area contributed by atoms with Gasteiger partial charge in [-0.3, -0.25) is 4.57 Å². The van der Waals surface area contributed by atoms with Gasteiger partial charge in [0.15, 0.2) is 24.0 Å². The predicted octanol–water partition coefficient (Wildman–Crippen LogP) is 8.37. The van der Waals surface area contributed by atoms with Crippen molar-refractivity contribution in [2.24, 2.45) is 0 Å². The second-order valence-electron chi connectivity index (χ2n) is 9.36. The van der Waals surface area contributed by atoms with Crippen LogP contribution in [0.3, 0.4) is 0 Å². The van der Waals surface area contributed by atoms with Crippen LogP contribution in [0.4, 0.5) is 13.2 Å². The van der Waals surface area contributed by atoms with Crippen LogP contribution in [0.1, 0.15) is 54.5 Å². The monoisotopic (exact) mass is 582 g/mol. The molecule has 0 fully saturated rings. The van der Waals surface area contributed by atoms with Crippen molar-refractivity contribution < 1.29 is 46.4 Å². The highest BCUT2D eigenvalue weighted by atomic mass is 31.2.